The van der Waals surface area contributed by atoms with Crippen LogP contribution in [-0.2, 0) is 11.3 Å². The van der Waals surface area contributed by atoms with Crippen molar-refractivity contribution in [3.63, 3.8) is 0 Å². The molecule has 0 saturated carbocycles. The number of allylic oxidation sites excluding steroid dienone is 2. The van der Waals surface area contributed by atoms with Crippen molar-refractivity contribution in [3.05, 3.63) is 40.4 Å². The van der Waals surface area contributed by atoms with Gasteiger partial charge in [-0.25, -0.2) is 0 Å². The monoisotopic (exact) mass is 337 g/mol. The second-order valence-corrected chi connectivity index (χ2v) is 6.05. The summed E-state index contributed by atoms with van der Waals surface area (Å²) in [5, 5.41) is 0. The lowest BCUT2D eigenvalue weighted by atomic mass is 9.93. The molecule has 0 N–H and O–H groups in total. The van der Waals surface area contributed by atoms with Gasteiger partial charge in [-0.1, -0.05) is 28.1 Å². The van der Waals surface area contributed by atoms with Crippen LogP contribution >= 0.6 is 15.9 Å². The van der Waals surface area contributed by atoms with Gasteiger partial charge in [0.1, 0.15) is 5.75 Å². The van der Waals surface area contributed by atoms with Gasteiger partial charge in [-0.15, -0.1) is 0 Å². The zero-order chi connectivity index (χ0) is 14.5. The molecule has 0 aromatic heterocycles. The highest BCUT2D eigenvalue weighted by molar-refractivity contribution is 9.10. The quantitative estimate of drug-likeness (QED) is 0.782. The first-order valence-corrected chi connectivity index (χ1v) is 7.63. The molecule has 2 rings (SSSR count). The maximum absolute atomic E-state index is 12.4. The van der Waals surface area contributed by atoms with Crippen molar-refractivity contribution in [2.24, 2.45) is 5.92 Å². The molecule has 0 aliphatic heterocycles. The van der Waals surface area contributed by atoms with Crippen LogP contribution in [0.2, 0.25) is 0 Å². The maximum Gasteiger partial charge on any atom is 0.226 e. The molecule has 0 saturated heterocycles. The third kappa shape index (κ3) is 3.63. The molecular formula is C16H20BrNO2. The summed E-state index contributed by atoms with van der Waals surface area (Å²) in [6.45, 7) is 0.571. The van der Waals surface area contributed by atoms with E-state index in [4.69, 9.17) is 4.74 Å². The second kappa shape index (κ2) is 6.93. The van der Waals surface area contributed by atoms with Crippen LogP contribution < -0.4 is 4.74 Å². The fraction of sp³-hybridized carbons (Fsp3) is 0.438. The van der Waals surface area contributed by atoms with Gasteiger partial charge in [0, 0.05) is 29.5 Å². The first-order valence-electron chi connectivity index (χ1n) is 6.84. The second-order valence-electron chi connectivity index (χ2n) is 5.13. The van der Waals surface area contributed by atoms with Gasteiger partial charge >= 0.3 is 0 Å². The van der Waals surface area contributed by atoms with E-state index in [-0.39, 0.29) is 11.8 Å². The molecule has 1 aliphatic rings. The van der Waals surface area contributed by atoms with E-state index in [0.717, 1.165) is 35.0 Å². The van der Waals surface area contributed by atoms with Crippen LogP contribution in [0.15, 0.2) is 34.8 Å². The highest BCUT2D eigenvalue weighted by Gasteiger charge is 2.22. The number of rotatable bonds is 4. The van der Waals surface area contributed by atoms with Gasteiger partial charge in [0.05, 0.1) is 7.11 Å². The Kier molecular flexibility index (Phi) is 5.24. The van der Waals surface area contributed by atoms with Gasteiger partial charge in [-0.05, 0) is 37.5 Å². The van der Waals surface area contributed by atoms with Crippen molar-refractivity contribution in [2.75, 3.05) is 14.2 Å². The molecule has 20 heavy (non-hydrogen) atoms. The van der Waals surface area contributed by atoms with Crippen LogP contribution in [0.4, 0.5) is 0 Å². The standard InChI is InChI=1S/C16H20BrNO2/c1-18(16(19)12-6-4-3-5-7-12)11-13-10-14(17)8-9-15(13)20-2/h3-4,8-10,12H,5-7,11H2,1-2H3. The molecule has 1 aromatic carbocycles. The van der Waals surface area contributed by atoms with Crippen LogP contribution in [0.5, 0.6) is 5.75 Å². The van der Waals surface area contributed by atoms with Crippen LogP contribution in [0, 0.1) is 5.92 Å². The first-order chi connectivity index (χ1) is 9.61. The van der Waals surface area contributed by atoms with Gasteiger partial charge in [0.2, 0.25) is 5.91 Å². The van der Waals surface area contributed by atoms with Crippen molar-refractivity contribution >= 4 is 21.8 Å². The van der Waals surface area contributed by atoms with Crippen molar-refractivity contribution in [1.29, 1.82) is 0 Å². The number of carbonyl (C=O) groups excluding carboxylic acids is 1. The predicted molar refractivity (Wildman–Crippen MR) is 83.6 cm³/mol. The van der Waals surface area contributed by atoms with E-state index in [0.29, 0.717) is 6.54 Å². The van der Waals surface area contributed by atoms with E-state index in [1.165, 1.54) is 0 Å². The van der Waals surface area contributed by atoms with Crippen LogP contribution in [0.1, 0.15) is 24.8 Å². The summed E-state index contributed by atoms with van der Waals surface area (Å²) in [6, 6.07) is 5.86. The smallest absolute Gasteiger partial charge is 0.226 e. The predicted octanol–water partition coefficient (Wildman–Crippen LogP) is 3.77. The molecule has 1 aliphatic carbocycles. The highest BCUT2D eigenvalue weighted by Crippen LogP contribution is 2.26. The SMILES string of the molecule is COc1ccc(Br)cc1CN(C)C(=O)C1CC=CCC1. The Morgan fingerprint density at radius 3 is 2.90 bits per heavy atom. The van der Waals surface area contributed by atoms with Crippen molar-refractivity contribution in [2.45, 2.75) is 25.8 Å². The molecule has 1 atom stereocenters. The van der Waals surface area contributed by atoms with Gasteiger partial charge in [0.15, 0.2) is 0 Å². The van der Waals surface area contributed by atoms with Gasteiger partial charge in [-0.2, -0.15) is 0 Å². The average molecular weight is 338 g/mol. The minimum absolute atomic E-state index is 0.128. The Bertz CT molecular complexity index is 513. The van der Waals surface area contributed by atoms with Crippen LogP contribution in [0.25, 0.3) is 0 Å². The van der Waals surface area contributed by atoms with E-state index >= 15 is 0 Å². The number of hydrogen-bond donors (Lipinski definition) is 0. The number of hydrogen-bond acceptors (Lipinski definition) is 2. The van der Waals surface area contributed by atoms with E-state index in [2.05, 4.69) is 28.1 Å². The third-order valence-electron chi connectivity index (χ3n) is 3.64. The number of amides is 1. The molecule has 3 nitrogen and oxygen atoms in total. The average Bonchev–Trinajstić information content (AvgIpc) is 2.47. The number of ether oxygens (including phenoxy) is 1. The molecule has 0 radical (unpaired) electrons. The van der Waals surface area contributed by atoms with Gasteiger partial charge in [-0.3, -0.25) is 4.79 Å². The summed E-state index contributed by atoms with van der Waals surface area (Å²) < 4.78 is 6.35. The molecule has 0 bridgehead atoms. The summed E-state index contributed by atoms with van der Waals surface area (Å²) in [5.74, 6) is 1.16. The van der Waals surface area contributed by atoms with Crippen molar-refractivity contribution < 1.29 is 9.53 Å². The largest absolute Gasteiger partial charge is 0.496 e. The topological polar surface area (TPSA) is 29.5 Å². The zero-order valence-corrected chi connectivity index (χ0v) is 13.5. The number of halogens is 1. The molecule has 1 unspecified atom stereocenters. The molecule has 108 valence electrons. The lowest BCUT2D eigenvalue weighted by molar-refractivity contribution is -0.135. The maximum atomic E-state index is 12.4. The Morgan fingerprint density at radius 1 is 1.45 bits per heavy atom. The van der Waals surface area contributed by atoms with E-state index in [9.17, 15) is 4.79 Å². The summed E-state index contributed by atoms with van der Waals surface area (Å²) in [5.41, 5.74) is 1.02. The van der Waals surface area contributed by atoms with E-state index in [1.54, 1.807) is 12.0 Å². The fourth-order valence-electron chi connectivity index (χ4n) is 2.53. The summed E-state index contributed by atoms with van der Waals surface area (Å²) in [4.78, 5) is 14.2. The lowest BCUT2D eigenvalue weighted by Gasteiger charge is -2.25. The first kappa shape index (κ1) is 15.1. The van der Waals surface area contributed by atoms with Crippen molar-refractivity contribution in [3.8, 4) is 5.75 Å². The minimum Gasteiger partial charge on any atom is -0.496 e. The lowest BCUT2D eigenvalue weighted by Crippen LogP contribution is -2.33. The Balaban J connectivity index is 2.07. The highest BCUT2D eigenvalue weighted by atomic mass is 79.9. The van der Waals surface area contributed by atoms with E-state index in [1.807, 2.05) is 25.2 Å². The van der Waals surface area contributed by atoms with Gasteiger partial charge in [0.25, 0.3) is 0 Å². The molecule has 0 fully saturated rings. The van der Waals surface area contributed by atoms with Crippen LogP contribution in [0.3, 0.4) is 0 Å². The summed E-state index contributed by atoms with van der Waals surface area (Å²) in [6.07, 6.45) is 7.08. The minimum atomic E-state index is 0.128. The Labute approximate surface area is 128 Å². The summed E-state index contributed by atoms with van der Waals surface area (Å²) >= 11 is 3.46. The van der Waals surface area contributed by atoms with E-state index < -0.39 is 0 Å². The molecular weight excluding hydrogens is 318 g/mol. The van der Waals surface area contributed by atoms with Crippen LogP contribution in [-0.4, -0.2) is 25.0 Å². The number of carbonyl (C=O) groups is 1. The summed E-state index contributed by atoms with van der Waals surface area (Å²) in [7, 11) is 3.52. The molecule has 1 amide bonds. The normalized spacial score (nSPS) is 17.9. The number of benzene rings is 1. The van der Waals surface area contributed by atoms with Gasteiger partial charge < -0.3 is 9.64 Å². The molecule has 1 aromatic rings. The molecule has 0 spiro atoms. The Hall–Kier alpha value is -1.29. The molecule has 4 heteroatoms. The zero-order valence-electron chi connectivity index (χ0n) is 11.9. The Morgan fingerprint density at radius 2 is 2.25 bits per heavy atom. The van der Waals surface area contributed by atoms with Crippen molar-refractivity contribution in [1.82, 2.24) is 4.90 Å². The number of nitrogens with zero attached hydrogens (tertiary/aromatic N) is 1. The molecule has 0 heterocycles. The number of methoxy groups -OCH3 is 1. The fourth-order valence-corrected chi connectivity index (χ4v) is 2.94. The third-order valence-corrected chi connectivity index (χ3v) is 4.14.